The van der Waals surface area contributed by atoms with E-state index in [-0.39, 0.29) is 18.3 Å². The van der Waals surface area contributed by atoms with Gasteiger partial charge in [0.25, 0.3) is 0 Å². The van der Waals surface area contributed by atoms with Crippen molar-refractivity contribution in [3.05, 3.63) is 40.3 Å². The molecular formula is C21H27N9O3. The molecule has 0 spiro atoms. The molecule has 33 heavy (non-hydrogen) atoms. The number of nitrogens with two attached hydrogens (primary N) is 1. The maximum absolute atomic E-state index is 13.1. The summed E-state index contributed by atoms with van der Waals surface area (Å²) in [6.45, 7) is 4.57. The van der Waals surface area contributed by atoms with Gasteiger partial charge in [0.1, 0.15) is 18.1 Å². The van der Waals surface area contributed by atoms with Gasteiger partial charge in [-0.25, -0.2) is 19.8 Å². The number of piperazine rings is 1. The smallest absolute Gasteiger partial charge is 0.345 e. The van der Waals surface area contributed by atoms with Gasteiger partial charge in [0, 0.05) is 52.2 Å². The van der Waals surface area contributed by atoms with Crippen LogP contribution in [0.2, 0.25) is 0 Å². The molecule has 2 N–H and O–H groups in total. The highest BCUT2D eigenvalue weighted by atomic mass is 16.3. The molecule has 0 aromatic carbocycles. The van der Waals surface area contributed by atoms with Crippen molar-refractivity contribution >= 4 is 23.2 Å². The maximum Gasteiger partial charge on any atom is 0.345 e. The highest BCUT2D eigenvalue weighted by Gasteiger charge is 2.35. The van der Waals surface area contributed by atoms with Crippen LogP contribution in [0.25, 0.3) is 5.78 Å². The van der Waals surface area contributed by atoms with Gasteiger partial charge in [-0.15, -0.1) is 0 Å². The van der Waals surface area contributed by atoms with Gasteiger partial charge in [0.15, 0.2) is 11.6 Å². The van der Waals surface area contributed by atoms with Crippen molar-refractivity contribution in [1.82, 2.24) is 28.5 Å². The fourth-order valence-corrected chi connectivity index (χ4v) is 4.71. The molecule has 174 valence electrons. The molecule has 3 aromatic heterocycles. The maximum atomic E-state index is 13.1. The average molecular weight is 454 g/mol. The van der Waals surface area contributed by atoms with Gasteiger partial charge in [-0.2, -0.15) is 4.98 Å². The van der Waals surface area contributed by atoms with Crippen LogP contribution in [0, 0.1) is 5.92 Å². The molecule has 0 bridgehead atoms. The van der Waals surface area contributed by atoms with E-state index in [1.165, 1.54) is 9.69 Å². The fraction of sp³-hybridized carbons (Fsp3) is 0.524. The van der Waals surface area contributed by atoms with Crippen molar-refractivity contribution in [3.8, 4) is 0 Å². The molecule has 3 aliphatic rings. The first-order valence-electron chi connectivity index (χ1n) is 11.3. The predicted molar refractivity (Wildman–Crippen MR) is 120 cm³/mol. The van der Waals surface area contributed by atoms with Crippen LogP contribution in [0.5, 0.6) is 0 Å². The molecule has 0 unspecified atom stereocenters. The van der Waals surface area contributed by atoms with Crippen molar-refractivity contribution in [2.45, 2.75) is 19.4 Å². The van der Waals surface area contributed by atoms with Crippen LogP contribution in [0.4, 0.5) is 5.82 Å². The van der Waals surface area contributed by atoms with Crippen LogP contribution in [-0.2, 0) is 18.4 Å². The lowest BCUT2D eigenvalue weighted by Crippen LogP contribution is -2.50. The minimum Gasteiger partial charge on any atom is -0.463 e. The summed E-state index contributed by atoms with van der Waals surface area (Å²) in [6.07, 6.45) is 3.66. The first-order chi connectivity index (χ1) is 16.0. The van der Waals surface area contributed by atoms with Crippen molar-refractivity contribution in [1.29, 1.82) is 0 Å². The summed E-state index contributed by atoms with van der Waals surface area (Å²) >= 11 is 0. The van der Waals surface area contributed by atoms with E-state index >= 15 is 0 Å². The topological polar surface area (TPSA) is 123 Å². The SMILES string of the molecule is Cn1c(=O)n(CCN2CCN(C(=O)C3CC3)CC2)c2nc3c(n21)C(c1ccco1)=NCN3N. The predicted octanol–water partition coefficient (Wildman–Crippen LogP) is -0.530. The zero-order valence-electron chi connectivity index (χ0n) is 18.6. The van der Waals surface area contributed by atoms with Crippen LogP contribution < -0.4 is 16.5 Å². The number of hydrogen-bond donors (Lipinski definition) is 1. The average Bonchev–Trinajstić information content (AvgIpc) is 3.29. The van der Waals surface area contributed by atoms with Crippen molar-refractivity contribution in [3.63, 3.8) is 0 Å². The Labute approximate surface area is 189 Å². The molecule has 5 heterocycles. The number of rotatable bonds is 5. The second-order valence-electron chi connectivity index (χ2n) is 8.89. The monoisotopic (exact) mass is 453 g/mol. The van der Waals surface area contributed by atoms with Gasteiger partial charge >= 0.3 is 5.69 Å². The lowest BCUT2D eigenvalue weighted by Gasteiger charge is -2.34. The Morgan fingerprint density at radius 2 is 2.00 bits per heavy atom. The van der Waals surface area contributed by atoms with Crippen molar-refractivity contribution in [2.75, 3.05) is 44.4 Å². The third-order valence-corrected chi connectivity index (χ3v) is 6.75. The van der Waals surface area contributed by atoms with E-state index in [1.807, 2.05) is 11.0 Å². The van der Waals surface area contributed by atoms with E-state index in [0.29, 0.717) is 47.8 Å². The second kappa shape index (κ2) is 7.59. The molecule has 1 aliphatic carbocycles. The van der Waals surface area contributed by atoms with Gasteiger partial charge in [-0.05, 0) is 25.0 Å². The zero-order valence-corrected chi connectivity index (χ0v) is 18.6. The molecule has 1 saturated heterocycles. The second-order valence-corrected chi connectivity index (χ2v) is 8.89. The summed E-state index contributed by atoms with van der Waals surface area (Å²) in [6, 6.07) is 3.63. The number of imidazole rings is 1. The molecule has 3 aromatic rings. The van der Waals surface area contributed by atoms with Gasteiger partial charge in [-0.3, -0.25) is 24.3 Å². The summed E-state index contributed by atoms with van der Waals surface area (Å²) in [7, 11) is 1.71. The summed E-state index contributed by atoms with van der Waals surface area (Å²) in [5.41, 5.74) is 1.10. The summed E-state index contributed by atoms with van der Waals surface area (Å²) < 4.78 is 10.5. The van der Waals surface area contributed by atoms with Crippen molar-refractivity contribution < 1.29 is 9.21 Å². The van der Waals surface area contributed by atoms with E-state index in [1.54, 1.807) is 28.5 Å². The number of carbonyl (C=O) groups is 1. The van der Waals surface area contributed by atoms with E-state index in [4.69, 9.17) is 15.2 Å². The largest absolute Gasteiger partial charge is 0.463 e. The molecule has 1 saturated carbocycles. The van der Waals surface area contributed by atoms with Crippen LogP contribution in [-0.4, -0.2) is 79.6 Å². The van der Waals surface area contributed by atoms with Crippen LogP contribution in [0.3, 0.4) is 0 Å². The fourth-order valence-electron chi connectivity index (χ4n) is 4.71. The highest BCUT2D eigenvalue weighted by Crippen LogP contribution is 2.31. The molecule has 0 atom stereocenters. The van der Waals surface area contributed by atoms with Gasteiger partial charge in [-0.1, -0.05) is 0 Å². The Balaban J connectivity index is 1.26. The van der Waals surface area contributed by atoms with Crippen LogP contribution in [0.15, 0.2) is 32.6 Å². The quantitative estimate of drug-likeness (QED) is 0.515. The van der Waals surface area contributed by atoms with Gasteiger partial charge < -0.3 is 9.32 Å². The number of amides is 1. The first-order valence-corrected chi connectivity index (χ1v) is 11.3. The molecule has 12 nitrogen and oxygen atoms in total. The minimum absolute atomic E-state index is 0.157. The minimum atomic E-state index is -0.157. The summed E-state index contributed by atoms with van der Waals surface area (Å²) in [5, 5.41) is 1.47. The first kappa shape index (κ1) is 20.2. The Morgan fingerprint density at radius 3 is 2.70 bits per heavy atom. The molecule has 6 rings (SSSR count). The van der Waals surface area contributed by atoms with E-state index in [9.17, 15) is 9.59 Å². The number of anilines is 1. The number of aryl methyl sites for hydroxylation is 1. The third-order valence-electron chi connectivity index (χ3n) is 6.75. The van der Waals surface area contributed by atoms with Crippen LogP contribution in [0.1, 0.15) is 24.3 Å². The molecule has 1 amide bonds. The number of hydrazine groups is 1. The molecule has 0 radical (unpaired) electrons. The number of aromatic nitrogens is 4. The number of carbonyl (C=O) groups excluding carboxylic acids is 1. The Bertz CT molecular complexity index is 1290. The molecular weight excluding hydrogens is 426 g/mol. The zero-order chi connectivity index (χ0) is 22.7. The molecule has 2 aliphatic heterocycles. The van der Waals surface area contributed by atoms with Crippen LogP contribution >= 0.6 is 0 Å². The Hall–Kier alpha value is -3.38. The van der Waals surface area contributed by atoms with E-state index < -0.39 is 0 Å². The number of hydrogen-bond acceptors (Lipinski definition) is 8. The summed E-state index contributed by atoms with van der Waals surface area (Å²) in [4.78, 5) is 38.9. The highest BCUT2D eigenvalue weighted by molar-refractivity contribution is 6.14. The Morgan fingerprint density at radius 1 is 1.21 bits per heavy atom. The standard InChI is InChI=1S/C21H27N9O3/c1-25-21(32)28(11-8-26-6-9-27(10-7-26)19(31)14-4-5-14)20-24-18-17(30(20)25)16(23-13-29(18)22)15-3-2-12-33-15/h2-3,12,14H,4-11,13,22H2,1H3. The normalized spacial score (nSPS) is 19.3. The third kappa shape index (κ3) is 3.28. The lowest BCUT2D eigenvalue weighted by atomic mass is 10.2. The molecule has 12 heteroatoms. The van der Waals surface area contributed by atoms with Crippen molar-refractivity contribution in [2.24, 2.45) is 23.8 Å². The summed E-state index contributed by atoms with van der Waals surface area (Å²) in [5.74, 6) is 8.40. The number of furan rings is 1. The lowest BCUT2D eigenvalue weighted by molar-refractivity contribution is -0.134. The van der Waals surface area contributed by atoms with E-state index in [2.05, 4.69) is 9.89 Å². The number of fused-ring (bicyclic) bond motifs is 3. The van der Waals surface area contributed by atoms with Gasteiger partial charge in [0.05, 0.1) is 6.26 Å². The number of aliphatic imine (C=N–C) groups is 1. The molecule has 2 fully saturated rings. The van der Waals surface area contributed by atoms with E-state index in [0.717, 1.165) is 39.0 Å². The number of nitrogens with zero attached hydrogens (tertiary/aromatic N) is 8. The Kier molecular flexibility index (Phi) is 4.66. The van der Waals surface area contributed by atoms with Gasteiger partial charge in [0.2, 0.25) is 11.7 Å².